The smallest absolute Gasteiger partial charge is 0.305 e. The highest BCUT2D eigenvalue weighted by Crippen LogP contribution is 2.20. The second-order valence-corrected chi connectivity index (χ2v) is 21.2. The monoisotopic (exact) mass is 936 g/mol. The van der Waals surface area contributed by atoms with Crippen LogP contribution in [0, 0.1) is 0 Å². The van der Waals surface area contributed by atoms with Crippen molar-refractivity contribution in [3.63, 3.8) is 0 Å². The van der Waals surface area contributed by atoms with Crippen LogP contribution >= 0.6 is 0 Å². The van der Waals surface area contributed by atoms with Crippen LogP contribution in [0.25, 0.3) is 0 Å². The number of carbonyl (C=O) groups excluding carboxylic acids is 1. The predicted octanol–water partition coefficient (Wildman–Crippen LogP) is 18.9. The fraction of sp³-hybridized carbons (Fsp3) is 0.983. The van der Waals surface area contributed by atoms with Crippen molar-refractivity contribution in [1.82, 2.24) is 4.90 Å². The van der Waals surface area contributed by atoms with Gasteiger partial charge in [0.1, 0.15) is 12.2 Å². The lowest BCUT2D eigenvalue weighted by Gasteiger charge is -2.33. The van der Waals surface area contributed by atoms with Gasteiger partial charge in [-0.1, -0.05) is 278 Å². The second kappa shape index (κ2) is 55.2. The largest absolute Gasteiger partial charge is 0.462 e. The first-order valence-corrected chi connectivity index (χ1v) is 30.1. The number of carbonyl (C=O) groups is 1. The van der Waals surface area contributed by atoms with Gasteiger partial charge in [0, 0.05) is 26.2 Å². The molecule has 0 aromatic heterocycles. The van der Waals surface area contributed by atoms with E-state index in [1.54, 1.807) is 0 Å². The van der Waals surface area contributed by atoms with Crippen LogP contribution in [0.1, 0.15) is 316 Å². The normalized spacial score (nSPS) is 12.0. The van der Waals surface area contributed by atoms with Gasteiger partial charge in [0.25, 0.3) is 0 Å². The molecule has 0 radical (unpaired) electrons. The molecule has 0 atom stereocenters. The van der Waals surface area contributed by atoms with Crippen LogP contribution < -0.4 is 0 Å². The summed E-state index contributed by atoms with van der Waals surface area (Å²) in [4.78, 5) is 15.3. The van der Waals surface area contributed by atoms with E-state index in [1.165, 1.54) is 250 Å². The van der Waals surface area contributed by atoms with Gasteiger partial charge in [-0.05, 0) is 52.7 Å². The molecule has 66 heavy (non-hydrogen) atoms. The molecule has 6 nitrogen and oxygen atoms in total. The summed E-state index contributed by atoms with van der Waals surface area (Å²) < 4.78 is 25.7. The minimum atomic E-state index is -0.761. The van der Waals surface area contributed by atoms with Crippen LogP contribution in [0.15, 0.2) is 0 Å². The molecule has 0 aliphatic carbocycles. The maximum Gasteiger partial charge on any atom is 0.305 e. The maximum absolute atomic E-state index is 13.1. The molecule has 0 N–H and O–H groups in total. The van der Waals surface area contributed by atoms with Crippen LogP contribution in [-0.4, -0.2) is 76.8 Å². The zero-order valence-corrected chi connectivity index (χ0v) is 46.0. The summed E-state index contributed by atoms with van der Waals surface area (Å²) in [6.45, 7) is 11.1. The van der Waals surface area contributed by atoms with Gasteiger partial charge in [0.05, 0.1) is 13.2 Å². The maximum atomic E-state index is 13.1. The molecule has 0 aromatic carbocycles. The topological polar surface area (TPSA) is 57.2 Å². The molecule has 0 saturated carbocycles. The van der Waals surface area contributed by atoms with Crippen molar-refractivity contribution in [2.24, 2.45) is 0 Å². The number of ether oxygens (including phenoxy) is 4. The van der Waals surface area contributed by atoms with Gasteiger partial charge in [-0.25, -0.2) is 0 Å². The van der Waals surface area contributed by atoms with Gasteiger partial charge in [-0.2, -0.15) is 0 Å². The Bertz CT molecular complexity index is 877. The molecule has 0 aliphatic heterocycles. The van der Waals surface area contributed by atoms with Crippen LogP contribution in [0.2, 0.25) is 0 Å². The third kappa shape index (κ3) is 51.2. The summed E-state index contributed by atoms with van der Waals surface area (Å²) in [5.41, 5.74) is -0.761. The summed E-state index contributed by atoms with van der Waals surface area (Å²) in [5, 5.41) is 0. The van der Waals surface area contributed by atoms with Crippen molar-refractivity contribution < 1.29 is 23.7 Å². The molecule has 0 bridgehead atoms. The lowest BCUT2D eigenvalue weighted by atomic mass is 10.0. The van der Waals surface area contributed by atoms with Crippen molar-refractivity contribution in [3.05, 3.63) is 0 Å². The predicted molar refractivity (Wildman–Crippen MR) is 289 cm³/mol. The fourth-order valence-corrected chi connectivity index (χ4v) is 9.31. The van der Waals surface area contributed by atoms with Gasteiger partial charge >= 0.3 is 5.97 Å². The lowest BCUT2D eigenvalue weighted by molar-refractivity contribution is -0.179. The Morgan fingerprint density at radius 2 is 0.606 bits per heavy atom. The minimum Gasteiger partial charge on any atom is -0.462 e. The summed E-state index contributed by atoms with van der Waals surface area (Å²) in [6, 6.07) is 0. The number of unbranched alkanes of at least 4 members (excludes halogenated alkanes) is 41. The average Bonchev–Trinajstić information content (AvgIpc) is 3.31. The van der Waals surface area contributed by atoms with E-state index in [1.807, 2.05) is 0 Å². The molecule has 0 spiro atoms. The van der Waals surface area contributed by atoms with Crippen molar-refractivity contribution in [2.75, 3.05) is 60.3 Å². The molecule has 0 amide bonds. The first kappa shape index (κ1) is 65.3. The minimum absolute atomic E-state index is 0.122. The number of nitrogens with zero attached hydrogens (tertiary/aromatic N) is 1. The van der Waals surface area contributed by atoms with E-state index in [-0.39, 0.29) is 12.6 Å². The summed E-state index contributed by atoms with van der Waals surface area (Å²) in [5.74, 6) is -0.122. The van der Waals surface area contributed by atoms with E-state index in [0.29, 0.717) is 26.2 Å². The molecule has 0 aliphatic rings. The molecule has 0 fully saturated rings. The fourth-order valence-electron chi connectivity index (χ4n) is 9.31. The van der Waals surface area contributed by atoms with Crippen molar-refractivity contribution in [1.29, 1.82) is 0 Å². The zero-order valence-electron chi connectivity index (χ0n) is 46.0. The van der Waals surface area contributed by atoms with E-state index >= 15 is 0 Å². The Balaban J connectivity index is 4.96. The lowest BCUT2D eigenvalue weighted by Crippen LogP contribution is -2.48. The number of hydrogen-bond donors (Lipinski definition) is 0. The van der Waals surface area contributed by atoms with Gasteiger partial charge in [-0.15, -0.1) is 0 Å². The van der Waals surface area contributed by atoms with Crippen molar-refractivity contribution in [2.45, 2.75) is 322 Å². The highest BCUT2D eigenvalue weighted by atomic mass is 16.6. The third-order valence-electron chi connectivity index (χ3n) is 13.9. The molecule has 0 unspecified atom stereocenters. The van der Waals surface area contributed by atoms with Gasteiger partial charge in [0.2, 0.25) is 0 Å². The van der Waals surface area contributed by atoms with Gasteiger partial charge < -0.3 is 23.8 Å². The Morgan fingerprint density at radius 1 is 0.333 bits per heavy atom. The summed E-state index contributed by atoms with van der Waals surface area (Å²) in [7, 11) is 4.21. The molecule has 0 aromatic rings. The highest BCUT2D eigenvalue weighted by molar-refractivity contribution is 5.69. The van der Waals surface area contributed by atoms with E-state index in [2.05, 4.69) is 39.8 Å². The van der Waals surface area contributed by atoms with E-state index < -0.39 is 5.60 Å². The standard InChI is InChI=1S/C60H121NO5/c1-6-9-12-15-18-21-24-27-30-33-36-39-42-48-53-63-56-60(58-65-59(62)51-46-45-47-52-61(4)5,66-55-50-44-41-38-35-32-29-26-23-20-17-14-11-8-3)57-64-54-49-43-40-37-34-31-28-25-22-19-16-13-10-7-2/h6-58H2,1-5H3. The van der Waals surface area contributed by atoms with Crippen LogP contribution in [0.4, 0.5) is 0 Å². The number of hydrogen-bond acceptors (Lipinski definition) is 6. The summed E-state index contributed by atoms with van der Waals surface area (Å²) >= 11 is 0. The SMILES string of the molecule is CCCCCCCCCCCCCCCCOCC(COCCCCCCCCCCCCCCCC)(COC(=O)CCCCCN(C)C)OCCCCCCCCCCCCCCCC. The molecule has 6 heteroatoms. The summed E-state index contributed by atoms with van der Waals surface area (Å²) in [6.07, 6.45) is 60.1. The Hall–Kier alpha value is -0.690. The zero-order chi connectivity index (χ0) is 48.0. The Morgan fingerprint density at radius 3 is 0.909 bits per heavy atom. The van der Waals surface area contributed by atoms with Crippen molar-refractivity contribution in [3.8, 4) is 0 Å². The highest BCUT2D eigenvalue weighted by Gasteiger charge is 2.34. The van der Waals surface area contributed by atoms with Crippen LogP contribution in [0.5, 0.6) is 0 Å². The Labute approximate surface area is 415 Å². The number of rotatable bonds is 58. The molecule has 0 saturated heterocycles. The molecule has 0 heterocycles. The van der Waals surface area contributed by atoms with E-state index in [9.17, 15) is 4.79 Å². The second-order valence-electron chi connectivity index (χ2n) is 21.2. The van der Waals surface area contributed by atoms with Gasteiger partial charge in [-0.3, -0.25) is 4.79 Å². The van der Waals surface area contributed by atoms with Crippen LogP contribution in [-0.2, 0) is 23.7 Å². The third-order valence-corrected chi connectivity index (χ3v) is 13.9. The number of esters is 1. The Kier molecular flexibility index (Phi) is 54.7. The van der Waals surface area contributed by atoms with Crippen molar-refractivity contribution >= 4 is 5.97 Å². The van der Waals surface area contributed by atoms with Crippen LogP contribution in [0.3, 0.4) is 0 Å². The molecular weight excluding hydrogens is 815 g/mol. The van der Waals surface area contributed by atoms with Gasteiger partial charge in [0.15, 0.2) is 0 Å². The molecular formula is C60H121NO5. The first-order chi connectivity index (χ1) is 32.5. The molecule has 0 rings (SSSR count). The quantitative estimate of drug-likeness (QED) is 0.0447. The first-order valence-electron chi connectivity index (χ1n) is 30.1. The van der Waals surface area contributed by atoms with E-state index in [0.717, 1.165) is 58.3 Å². The molecule has 396 valence electrons. The average molecular weight is 937 g/mol. The van der Waals surface area contributed by atoms with E-state index in [4.69, 9.17) is 18.9 Å².